The number of imidazole rings is 1. The fraction of sp³-hybridized carbons (Fsp3) is 0.273. The molecule has 29 heavy (non-hydrogen) atoms. The molecule has 0 saturated carbocycles. The maximum Gasteiger partial charge on any atom is 0.251 e. The van der Waals surface area contributed by atoms with Crippen LogP contribution in [-0.2, 0) is 0 Å². The van der Waals surface area contributed by atoms with Gasteiger partial charge >= 0.3 is 0 Å². The van der Waals surface area contributed by atoms with Crippen molar-refractivity contribution in [2.24, 2.45) is 0 Å². The van der Waals surface area contributed by atoms with Crippen LogP contribution in [0.15, 0.2) is 60.0 Å². The summed E-state index contributed by atoms with van der Waals surface area (Å²) in [5, 5.41) is 3.39. The van der Waals surface area contributed by atoms with Gasteiger partial charge < -0.3 is 14.9 Å². The molecule has 3 aromatic rings. The summed E-state index contributed by atoms with van der Waals surface area (Å²) in [4.78, 5) is 28.5. The molecule has 3 heterocycles. The summed E-state index contributed by atoms with van der Waals surface area (Å²) < 4.78 is 1.80. The maximum absolute atomic E-state index is 12.8. The normalized spacial score (nSPS) is 13.3. The lowest BCUT2D eigenvalue weighted by atomic mass is 10.1. The van der Waals surface area contributed by atoms with Crippen LogP contribution in [0.5, 0.6) is 0 Å². The van der Waals surface area contributed by atoms with Gasteiger partial charge in [0.15, 0.2) is 11.5 Å². The highest BCUT2D eigenvalue weighted by Crippen LogP contribution is 2.23. The molecular weight excluding hydrogens is 364 g/mol. The second-order valence-corrected chi connectivity index (χ2v) is 7.18. The first kappa shape index (κ1) is 20.3. The van der Waals surface area contributed by atoms with E-state index in [2.05, 4.69) is 31.8 Å². The van der Waals surface area contributed by atoms with Crippen LogP contribution in [0.25, 0.3) is 17.2 Å². The minimum Gasteiger partial charge on any atom is -0.360 e. The molecule has 0 aliphatic carbocycles. The lowest BCUT2D eigenvalue weighted by molar-refractivity contribution is 0.537. The molecule has 7 heteroatoms. The molecule has 7 nitrogen and oxygen atoms in total. The summed E-state index contributed by atoms with van der Waals surface area (Å²) >= 11 is 0. The van der Waals surface area contributed by atoms with Crippen molar-refractivity contribution in [2.45, 2.75) is 39.8 Å². The molecule has 0 aromatic carbocycles. The van der Waals surface area contributed by atoms with E-state index in [9.17, 15) is 4.79 Å². The third-order valence-corrected chi connectivity index (χ3v) is 4.63. The summed E-state index contributed by atoms with van der Waals surface area (Å²) in [6, 6.07) is 3.55. The van der Waals surface area contributed by atoms with Gasteiger partial charge in [-0.25, -0.2) is 15.0 Å². The molecule has 0 saturated heterocycles. The Labute approximate surface area is 169 Å². The zero-order valence-corrected chi connectivity index (χ0v) is 17.2. The van der Waals surface area contributed by atoms with Gasteiger partial charge in [0, 0.05) is 17.8 Å². The van der Waals surface area contributed by atoms with Crippen LogP contribution in [0.3, 0.4) is 0 Å². The first-order chi connectivity index (χ1) is 13.9. The predicted octanol–water partition coefficient (Wildman–Crippen LogP) is 4.41. The minimum atomic E-state index is -0.162. The molecule has 150 valence electrons. The molecule has 3 rings (SSSR count). The molecule has 0 radical (unpaired) electrons. The first-order valence-corrected chi connectivity index (χ1v) is 9.55. The third kappa shape index (κ3) is 4.51. The van der Waals surface area contributed by atoms with Crippen molar-refractivity contribution >= 4 is 23.1 Å². The van der Waals surface area contributed by atoms with Gasteiger partial charge in [-0.2, -0.15) is 0 Å². The fourth-order valence-electron chi connectivity index (χ4n) is 3.14. The van der Waals surface area contributed by atoms with E-state index in [1.165, 1.54) is 6.33 Å². The highest BCUT2D eigenvalue weighted by atomic mass is 16.1. The van der Waals surface area contributed by atoms with Crippen LogP contribution < -0.4 is 10.9 Å². The number of rotatable bonds is 7. The van der Waals surface area contributed by atoms with Crippen molar-refractivity contribution in [1.82, 2.24) is 24.5 Å². The summed E-state index contributed by atoms with van der Waals surface area (Å²) in [6.45, 7) is 11.7. The number of pyridine rings is 1. The third-order valence-electron chi connectivity index (χ3n) is 4.63. The van der Waals surface area contributed by atoms with Crippen molar-refractivity contribution in [3.05, 3.63) is 76.8 Å². The van der Waals surface area contributed by atoms with E-state index in [1.807, 2.05) is 52.0 Å². The number of allylic oxidation sites excluding steroid dienone is 4. The lowest BCUT2D eigenvalue weighted by Gasteiger charge is -2.23. The molecule has 0 amide bonds. The van der Waals surface area contributed by atoms with Gasteiger partial charge in [0.25, 0.3) is 5.56 Å². The van der Waals surface area contributed by atoms with Crippen LogP contribution in [0, 0.1) is 0 Å². The number of hydrogen-bond donors (Lipinski definition) is 2. The number of aromatic nitrogens is 5. The van der Waals surface area contributed by atoms with Crippen molar-refractivity contribution in [2.75, 3.05) is 5.32 Å². The van der Waals surface area contributed by atoms with E-state index in [0.29, 0.717) is 11.5 Å². The molecule has 1 atom stereocenters. The number of aromatic amines is 1. The van der Waals surface area contributed by atoms with E-state index in [0.717, 1.165) is 22.3 Å². The number of nitrogens with one attached hydrogen (secondary N) is 2. The first-order valence-electron chi connectivity index (χ1n) is 9.55. The second kappa shape index (κ2) is 8.68. The minimum absolute atomic E-state index is 0.0280. The summed E-state index contributed by atoms with van der Waals surface area (Å²) in [7, 11) is 0. The highest BCUT2D eigenvalue weighted by molar-refractivity contribution is 5.82. The quantitative estimate of drug-likeness (QED) is 0.583. The van der Waals surface area contributed by atoms with Gasteiger partial charge in [-0.1, -0.05) is 36.5 Å². The summed E-state index contributed by atoms with van der Waals surface area (Å²) in [5.41, 5.74) is 4.07. The second-order valence-electron chi connectivity index (χ2n) is 7.18. The summed E-state index contributed by atoms with van der Waals surface area (Å²) in [6.07, 6.45) is 10.7. The van der Waals surface area contributed by atoms with Crippen LogP contribution >= 0.6 is 0 Å². The maximum atomic E-state index is 12.8. The van der Waals surface area contributed by atoms with E-state index < -0.39 is 0 Å². The Morgan fingerprint density at radius 1 is 1.24 bits per heavy atom. The number of H-pyrrole nitrogens is 1. The van der Waals surface area contributed by atoms with Crippen molar-refractivity contribution in [3.63, 3.8) is 0 Å². The van der Waals surface area contributed by atoms with Gasteiger partial charge in [-0.3, -0.25) is 4.79 Å². The monoisotopic (exact) mass is 390 g/mol. The fourth-order valence-corrected chi connectivity index (χ4v) is 3.14. The van der Waals surface area contributed by atoms with Crippen molar-refractivity contribution < 1.29 is 0 Å². The smallest absolute Gasteiger partial charge is 0.251 e. The molecule has 0 aliphatic heterocycles. The molecule has 0 aliphatic rings. The van der Waals surface area contributed by atoms with Crippen LogP contribution in [0.2, 0.25) is 0 Å². The SMILES string of the molecule is C=C/C(C)=C\C=C/c1cc([C@H](C)Nc2ncnc3nc[nH]c23)n(C(C)C)c(=O)c1. The molecule has 2 N–H and O–H groups in total. The topological polar surface area (TPSA) is 88.5 Å². The molecule has 0 fully saturated rings. The van der Waals surface area contributed by atoms with Crippen molar-refractivity contribution in [3.8, 4) is 0 Å². The lowest BCUT2D eigenvalue weighted by Crippen LogP contribution is -2.28. The molecular formula is C22H26N6O. The average Bonchev–Trinajstić information content (AvgIpc) is 3.16. The van der Waals surface area contributed by atoms with Gasteiger partial charge in [0.05, 0.1) is 12.4 Å². The Kier molecular flexibility index (Phi) is 6.07. The highest BCUT2D eigenvalue weighted by Gasteiger charge is 2.17. The standard InChI is InChI=1S/C22H26N6O/c1-6-15(4)8-7-9-17-10-18(28(14(2)3)19(29)11-17)16(5)27-22-20-21(24-12-23-20)25-13-26-22/h6-14,16H,1H2,2-5H3,(H2,23,24,25,26,27)/b9-7-,15-8-/t16-/m0/s1. The number of anilines is 1. The van der Waals surface area contributed by atoms with E-state index >= 15 is 0 Å². The van der Waals surface area contributed by atoms with Crippen molar-refractivity contribution in [1.29, 1.82) is 0 Å². The average molecular weight is 390 g/mol. The Morgan fingerprint density at radius 3 is 2.76 bits per heavy atom. The van der Waals surface area contributed by atoms with Crippen LogP contribution in [-0.4, -0.2) is 24.5 Å². The zero-order chi connectivity index (χ0) is 21.0. The zero-order valence-electron chi connectivity index (χ0n) is 17.2. The van der Waals surface area contributed by atoms with Gasteiger partial charge in [-0.15, -0.1) is 0 Å². The van der Waals surface area contributed by atoms with Crippen LogP contribution in [0.1, 0.15) is 51.0 Å². The molecule has 3 aromatic heterocycles. The Hall–Kier alpha value is -3.48. The Bertz CT molecular complexity index is 1140. The Morgan fingerprint density at radius 2 is 2.03 bits per heavy atom. The number of hydrogen-bond acceptors (Lipinski definition) is 5. The Balaban J connectivity index is 2.00. The van der Waals surface area contributed by atoms with E-state index in [1.54, 1.807) is 23.0 Å². The van der Waals surface area contributed by atoms with E-state index in [4.69, 9.17) is 0 Å². The van der Waals surface area contributed by atoms with Crippen LogP contribution in [0.4, 0.5) is 5.82 Å². The molecule has 0 bridgehead atoms. The van der Waals surface area contributed by atoms with Gasteiger partial charge in [-0.05, 0) is 39.3 Å². The van der Waals surface area contributed by atoms with Gasteiger partial charge in [0.2, 0.25) is 0 Å². The number of nitrogens with zero attached hydrogens (tertiary/aromatic N) is 4. The number of fused-ring (bicyclic) bond motifs is 1. The molecule has 0 unspecified atom stereocenters. The predicted molar refractivity (Wildman–Crippen MR) is 118 cm³/mol. The molecule has 0 spiro atoms. The largest absolute Gasteiger partial charge is 0.360 e. The summed E-state index contributed by atoms with van der Waals surface area (Å²) in [5.74, 6) is 0.647. The van der Waals surface area contributed by atoms with E-state index in [-0.39, 0.29) is 17.6 Å². The van der Waals surface area contributed by atoms with Gasteiger partial charge in [0.1, 0.15) is 11.8 Å².